The summed E-state index contributed by atoms with van der Waals surface area (Å²) in [7, 11) is -3.74. The summed E-state index contributed by atoms with van der Waals surface area (Å²) in [5.41, 5.74) is 5.77. The summed E-state index contributed by atoms with van der Waals surface area (Å²) >= 11 is 0. The minimum absolute atomic E-state index is 0. The maximum Gasteiger partial charge on any atom is 0.243 e. The lowest BCUT2D eigenvalue weighted by Crippen LogP contribution is -2.46. The van der Waals surface area contributed by atoms with Gasteiger partial charge >= 0.3 is 0 Å². The second-order valence-electron chi connectivity index (χ2n) is 6.09. The van der Waals surface area contributed by atoms with Gasteiger partial charge in [0.15, 0.2) is 5.78 Å². The number of nitrogens with one attached hydrogen (secondary N) is 1. The highest BCUT2D eigenvalue weighted by Crippen LogP contribution is 2.24. The van der Waals surface area contributed by atoms with Crippen LogP contribution in [0, 0.1) is 5.92 Å². The van der Waals surface area contributed by atoms with Crippen molar-refractivity contribution in [3.8, 4) is 0 Å². The van der Waals surface area contributed by atoms with Gasteiger partial charge in [0.2, 0.25) is 15.9 Å². The number of sulfonamides is 1. The fourth-order valence-electron chi connectivity index (χ4n) is 2.90. The first-order chi connectivity index (χ1) is 11.9. The lowest BCUT2D eigenvalue weighted by atomic mass is 9.99. The molecule has 1 unspecified atom stereocenters. The second kappa shape index (κ2) is 10.0. The van der Waals surface area contributed by atoms with Crippen LogP contribution in [0.2, 0.25) is 0 Å². The van der Waals surface area contributed by atoms with E-state index in [0.717, 1.165) is 0 Å². The van der Waals surface area contributed by atoms with Gasteiger partial charge in [-0.3, -0.25) is 9.59 Å². The molecule has 1 aromatic rings. The van der Waals surface area contributed by atoms with Crippen LogP contribution >= 0.6 is 12.4 Å². The standard InChI is InChI=1S/C17H25N3O4S.ClH/c1-2-16(21)13-5-3-7-15(11-13)25(23,24)20-10-4-6-14(12-20)17(22)19-9-8-18;/h3,5,7,11,14H,2,4,6,8-10,12,18H2,1H3,(H,19,22);1H. The van der Waals surface area contributed by atoms with E-state index in [4.69, 9.17) is 5.73 Å². The van der Waals surface area contributed by atoms with E-state index in [2.05, 4.69) is 5.32 Å². The van der Waals surface area contributed by atoms with E-state index in [9.17, 15) is 18.0 Å². The largest absolute Gasteiger partial charge is 0.355 e. The Labute approximate surface area is 160 Å². The average Bonchev–Trinajstić information content (AvgIpc) is 2.65. The number of nitrogens with two attached hydrogens (primary N) is 1. The average molecular weight is 404 g/mol. The number of hydrogen-bond acceptors (Lipinski definition) is 5. The molecule has 1 aliphatic rings. The summed E-state index contributed by atoms with van der Waals surface area (Å²) < 4.78 is 27.1. The molecule has 0 aliphatic carbocycles. The molecule has 26 heavy (non-hydrogen) atoms. The van der Waals surface area contributed by atoms with Gasteiger partial charge in [0.1, 0.15) is 0 Å². The van der Waals surface area contributed by atoms with Crippen LogP contribution in [0.4, 0.5) is 0 Å². The third-order valence-electron chi connectivity index (χ3n) is 4.31. The van der Waals surface area contributed by atoms with E-state index in [1.165, 1.54) is 16.4 Å². The quantitative estimate of drug-likeness (QED) is 0.664. The van der Waals surface area contributed by atoms with E-state index in [1.807, 2.05) is 0 Å². The number of amides is 1. The first kappa shape index (κ1) is 22.6. The van der Waals surface area contributed by atoms with Gasteiger partial charge in [-0.05, 0) is 25.0 Å². The van der Waals surface area contributed by atoms with Crippen LogP contribution in [-0.4, -0.2) is 50.6 Å². The minimum atomic E-state index is -3.74. The van der Waals surface area contributed by atoms with Crippen LogP contribution in [-0.2, 0) is 14.8 Å². The molecule has 3 N–H and O–H groups in total. The number of rotatable bonds is 7. The minimum Gasteiger partial charge on any atom is -0.355 e. The molecule has 0 spiro atoms. The van der Waals surface area contributed by atoms with Gasteiger partial charge in [0, 0.05) is 38.2 Å². The van der Waals surface area contributed by atoms with Crippen molar-refractivity contribution in [1.82, 2.24) is 9.62 Å². The van der Waals surface area contributed by atoms with E-state index in [1.54, 1.807) is 19.1 Å². The zero-order valence-corrected chi connectivity index (χ0v) is 16.4. The Bertz CT molecular complexity index is 739. The predicted molar refractivity (Wildman–Crippen MR) is 102 cm³/mol. The Morgan fingerprint density at radius 2 is 2.08 bits per heavy atom. The topological polar surface area (TPSA) is 110 Å². The number of benzene rings is 1. The van der Waals surface area contributed by atoms with Gasteiger partial charge in [-0.1, -0.05) is 19.1 Å². The highest BCUT2D eigenvalue weighted by atomic mass is 35.5. The predicted octanol–water partition coefficient (Wildman–Crippen LogP) is 1.18. The van der Waals surface area contributed by atoms with Crippen molar-refractivity contribution >= 4 is 34.1 Å². The molecule has 7 nitrogen and oxygen atoms in total. The number of hydrogen-bond donors (Lipinski definition) is 2. The molecule has 1 aromatic carbocycles. The van der Waals surface area contributed by atoms with Crippen LogP contribution in [0.15, 0.2) is 29.2 Å². The Hall–Kier alpha value is -1.48. The molecule has 0 bridgehead atoms. The van der Waals surface area contributed by atoms with Crippen LogP contribution < -0.4 is 11.1 Å². The van der Waals surface area contributed by atoms with E-state index in [-0.39, 0.29) is 41.5 Å². The van der Waals surface area contributed by atoms with Gasteiger partial charge in [-0.15, -0.1) is 12.4 Å². The Balaban J connectivity index is 0.00000338. The molecule has 0 aromatic heterocycles. The number of nitrogens with zero attached hydrogens (tertiary/aromatic N) is 1. The number of piperidine rings is 1. The highest BCUT2D eigenvalue weighted by Gasteiger charge is 2.33. The molecule has 1 atom stereocenters. The lowest BCUT2D eigenvalue weighted by molar-refractivity contribution is -0.126. The summed E-state index contributed by atoms with van der Waals surface area (Å²) in [4.78, 5) is 24.0. The lowest BCUT2D eigenvalue weighted by Gasteiger charge is -2.31. The molecule has 146 valence electrons. The molecule has 1 heterocycles. The SMILES string of the molecule is CCC(=O)c1cccc(S(=O)(=O)N2CCCC(C(=O)NCCN)C2)c1.Cl. The fourth-order valence-corrected chi connectivity index (χ4v) is 4.47. The van der Waals surface area contributed by atoms with Crippen molar-refractivity contribution < 1.29 is 18.0 Å². The van der Waals surface area contributed by atoms with Gasteiger partial charge in [0.05, 0.1) is 10.8 Å². The van der Waals surface area contributed by atoms with E-state index < -0.39 is 10.0 Å². The second-order valence-corrected chi connectivity index (χ2v) is 8.02. The summed E-state index contributed by atoms with van der Waals surface area (Å²) in [6, 6.07) is 6.09. The molecular weight excluding hydrogens is 378 g/mol. The van der Waals surface area contributed by atoms with Crippen molar-refractivity contribution in [3.05, 3.63) is 29.8 Å². The number of halogens is 1. The Morgan fingerprint density at radius 3 is 2.73 bits per heavy atom. The molecule has 1 saturated heterocycles. The van der Waals surface area contributed by atoms with Crippen LogP contribution in [0.3, 0.4) is 0 Å². The van der Waals surface area contributed by atoms with Crippen LogP contribution in [0.5, 0.6) is 0 Å². The first-order valence-corrected chi connectivity index (χ1v) is 9.95. The van der Waals surface area contributed by atoms with Crippen molar-refractivity contribution in [2.24, 2.45) is 11.7 Å². The molecule has 1 aliphatic heterocycles. The summed E-state index contributed by atoms with van der Waals surface area (Å²) in [6.45, 7) is 2.97. The van der Waals surface area contributed by atoms with Crippen molar-refractivity contribution in [2.45, 2.75) is 31.1 Å². The van der Waals surface area contributed by atoms with E-state index >= 15 is 0 Å². The summed E-state index contributed by atoms with van der Waals surface area (Å²) in [6.07, 6.45) is 1.58. The number of carbonyl (C=O) groups is 2. The Morgan fingerprint density at radius 1 is 1.35 bits per heavy atom. The molecule has 1 amide bonds. The molecule has 2 rings (SSSR count). The summed E-state index contributed by atoms with van der Waals surface area (Å²) in [5.74, 6) is -0.648. The maximum atomic E-state index is 12.9. The monoisotopic (exact) mass is 403 g/mol. The van der Waals surface area contributed by atoms with Crippen molar-refractivity contribution in [2.75, 3.05) is 26.2 Å². The zero-order valence-electron chi connectivity index (χ0n) is 14.8. The third kappa shape index (κ3) is 5.26. The van der Waals surface area contributed by atoms with Gasteiger partial charge in [-0.25, -0.2) is 8.42 Å². The van der Waals surface area contributed by atoms with Crippen LogP contribution in [0.1, 0.15) is 36.5 Å². The highest BCUT2D eigenvalue weighted by molar-refractivity contribution is 7.89. The number of ketones is 1. The van der Waals surface area contributed by atoms with E-state index in [0.29, 0.717) is 44.5 Å². The first-order valence-electron chi connectivity index (χ1n) is 8.51. The molecular formula is C17H26ClN3O4S. The van der Waals surface area contributed by atoms with Crippen molar-refractivity contribution in [1.29, 1.82) is 0 Å². The van der Waals surface area contributed by atoms with Gasteiger partial charge in [0.25, 0.3) is 0 Å². The zero-order chi connectivity index (χ0) is 18.4. The normalized spacial score (nSPS) is 18.0. The number of Topliss-reactive ketones (excluding diaryl/α,β-unsaturated/α-hetero) is 1. The molecule has 0 saturated carbocycles. The molecule has 9 heteroatoms. The maximum absolute atomic E-state index is 12.9. The fraction of sp³-hybridized carbons (Fsp3) is 0.529. The Kier molecular flexibility index (Phi) is 8.69. The smallest absolute Gasteiger partial charge is 0.243 e. The molecule has 1 fully saturated rings. The third-order valence-corrected chi connectivity index (χ3v) is 6.17. The van der Waals surface area contributed by atoms with Gasteiger partial charge in [-0.2, -0.15) is 4.31 Å². The number of carbonyl (C=O) groups excluding carboxylic acids is 2. The summed E-state index contributed by atoms with van der Waals surface area (Å²) in [5, 5.41) is 2.72. The van der Waals surface area contributed by atoms with Gasteiger partial charge < -0.3 is 11.1 Å². The van der Waals surface area contributed by atoms with Crippen molar-refractivity contribution in [3.63, 3.8) is 0 Å². The molecule has 0 radical (unpaired) electrons. The van der Waals surface area contributed by atoms with Crippen LogP contribution in [0.25, 0.3) is 0 Å².